The lowest BCUT2D eigenvalue weighted by molar-refractivity contribution is -0.132. The predicted octanol–water partition coefficient (Wildman–Crippen LogP) is 5.53. The second kappa shape index (κ2) is 10.4. The van der Waals surface area contributed by atoms with Crippen molar-refractivity contribution in [2.45, 2.75) is 45.9 Å². The zero-order chi connectivity index (χ0) is 25.2. The lowest BCUT2D eigenvalue weighted by Gasteiger charge is -2.43. The van der Waals surface area contributed by atoms with Gasteiger partial charge in [-0.15, -0.1) is 0 Å². The molecule has 0 bridgehead atoms. The van der Waals surface area contributed by atoms with Crippen molar-refractivity contribution in [2.75, 3.05) is 31.6 Å². The molecule has 0 aromatic heterocycles. The fourth-order valence-corrected chi connectivity index (χ4v) is 4.60. The van der Waals surface area contributed by atoms with Gasteiger partial charge in [-0.1, -0.05) is 23.2 Å². The molecule has 9 heteroatoms. The van der Waals surface area contributed by atoms with E-state index >= 15 is 0 Å². The van der Waals surface area contributed by atoms with E-state index in [1.54, 1.807) is 68.8 Å². The molecular formula is C25H30Cl2FN3O3. The predicted molar refractivity (Wildman–Crippen MR) is 133 cm³/mol. The quantitative estimate of drug-likeness (QED) is 0.543. The summed E-state index contributed by atoms with van der Waals surface area (Å²) in [6.45, 7) is 8.42. The van der Waals surface area contributed by atoms with Crippen LogP contribution in [-0.4, -0.2) is 60.1 Å². The van der Waals surface area contributed by atoms with Crippen LogP contribution in [0.25, 0.3) is 0 Å². The maximum absolute atomic E-state index is 13.7. The van der Waals surface area contributed by atoms with Gasteiger partial charge in [0.2, 0.25) is 5.91 Å². The van der Waals surface area contributed by atoms with Gasteiger partial charge in [-0.05, 0) is 75.2 Å². The third-order valence-electron chi connectivity index (χ3n) is 5.50. The number of anilines is 1. The summed E-state index contributed by atoms with van der Waals surface area (Å²) in [5.41, 5.74) is 1.61. The summed E-state index contributed by atoms with van der Waals surface area (Å²) in [5.74, 6) is -0.528. The number of hydrogen-bond acceptors (Lipinski definition) is 4. The van der Waals surface area contributed by atoms with Crippen LogP contribution >= 0.6 is 23.2 Å². The Morgan fingerprint density at radius 3 is 2.35 bits per heavy atom. The van der Waals surface area contributed by atoms with Gasteiger partial charge in [-0.2, -0.15) is 0 Å². The Hall–Kier alpha value is -2.51. The van der Waals surface area contributed by atoms with Crippen molar-refractivity contribution in [1.29, 1.82) is 0 Å². The average Bonchev–Trinajstić information content (AvgIpc) is 2.71. The van der Waals surface area contributed by atoms with E-state index in [9.17, 15) is 14.0 Å². The van der Waals surface area contributed by atoms with Gasteiger partial charge >= 0.3 is 6.09 Å². The standard InChI is InChI=1S/C25H30Cl2FN3O3/c1-16-10-20(28)6-7-21(16)31-9-8-30(24(33)34-25(2,3)4)15-22(31)23(32)29(5)14-17-11-18(26)13-19(27)12-17/h6-7,10-13,22H,8-9,14-15H2,1-5H3. The van der Waals surface area contributed by atoms with Crippen LogP contribution in [0.4, 0.5) is 14.9 Å². The summed E-state index contributed by atoms with van der Waals surface area (Å²) >= 11 is 12.2. The summed E-state index contributed by atoms with van der Waals surface area (Å²) in [6, 6.07) is 8.96. The summed E-state index contributed by atoms with van der Waals surface area (Å²) in [4.78, 5) is 31.5. The van der Waals surface area contributed by atoms with Crippen molar-refractivity contribution in [1.82, 2.24) is 9.80 Å². The molecule has 184 valence electrons. The van der Waals surface area contributed by atoms with Crippen molar-refractivity contribution in [3.63, 3.8) is 0 Å². The average molecular weight is 510 g/mol. The summed E-state index contributed by atoms with van der Waals surface area (Å²) in [7, 11) is 1.69. The number of carbonyl (C=O) groups excluding carboxylic acids is 2. The fraction of sp³-hybridized carbons (Fsp3) is 0.440. The van der Waals surface area contributed by atoms with Gasteiger partial charge in [0.05, 0.1) is 6.54 Å². The number of rotatable bonds is 4. The normalized spacial score (nSPS) is 16.4. The van der Waals surface area contributed by atoms with Gasteiger partial charge in [-0.25, -0.2) is 9.18 Å². The zero-order valence-electron chi connectivity index (χ0n) is 20.1. The second-order valence-corrected chi connectivity index (χ2v) is 10.4. The van der Waals surface area contributed by atoms with Crippen LogP contribution in [0, 0.1) is 12.7 Å². The minimum absolute atomic E-state index is 0.144. The molecule has 3 rings (SSSR count). The third kappa shape index (κ3) is 6.54. The molecule has 0 N–H and O–H groups in total. The Morgan fingerprint density at radius 2 is 1.76 bits per heavy atom. The maximum Gasteiger partial charge on any atom is 0.410 e. The van der Waals surface area contributed by atoms with Gasteiger partial charge in [0.25, 0.3) is 0 Å². The number of benzene rings is 2. The molecule has 1 heterocycles. The molecule has 2 amide bonds. The molecule has 2 aromatic carbocycles. The van der Waals surface area contributed by atoms with Gasteiger partial charge in [0.1, 0.15) is 17.5 Å². The van der Waals surface area contributed by atoms with E-state index in [2.05, 4.69) is 0 Å². The lowest BCUT2D eigenvalue weighted by Crippen LogP contribution is -2.61. The van der Waals surface area contributed by atoms with Crippen LogP contribution in [0.3, 0.4) is 0 Å². The molecule has 1 atom stereocenters. The van der Waals surface area contributed by atoms with Gasteiger partial charge in [0, 0.05) is 42.4 Å². The van der Waals surface area contributed by atoms with E-state index in [1.165, 1.54) is 12.1 Å². The molecule has 2 aromatic rings. The first-order valence-electron chi connectivity index (χ1n) is 11.0. The number of piperazine rings is 1. The molecule has 34 heavy (non-hydrogen) atoms. The number of carbonyl (C=O) groups is 2. The van der Waals surface area contributed by atoms with Crippen LogP contribution in [0.2, 0.25) is 10.0 Å². The van der Waals surface area contributed by atoms with Gasteiger partial charge in [0.15, 0.2) is 0 Å². The van der Waals surface area contributed by atoms with E-state index in [0.717, 1.165) is 11.3 Å². The first kappa shape index (κ1) is 26.1. The summed E-state index contributed by atoms with van der Waals surface area (Å²) < 4.78 is 19.3. The van der Waals surface area contributed by atoms with Gasteiger partial charge < -0.3 is 19.4 Å². The number of halogens is 3. The fourth-order valence-electron chi connectivity index (χ4n) is 4.02. The molecular weight excluding hydrogens is 480 g/mol. The third-order valence-corrected chi connectivity index (χ3v) is 5.94. The summed E-state index contributed by atoms with van der Waals surface area (Å²) in [5, 5.41) is 0.973. The van der Waals surface area contributed by atoms with Crippen LogP contribution in [0.5, 0.6) is 0 Å². The number of aryl methyl sites for hydroxylation is 1. The van der Waals surface area contributed by atoms with E-state index in [-0.39, 0.29) is 24.8 Å². The minimum Gasteiger partial charge on any atom is -0.444 e. The van der Waals surface area contributed by atoms with E-state index < -0.39 is 17.7 Å². The monoisotopic (exact) mass is 509 g/mol. The van der Waals surface area contributed by atoms with E-state index in [0.29, 0.717) is 28.7 Å². The molecule has 0 aliphatic carbocycles. The van der Waals surface area contributed by atoms with E-state index in [4.69, 9.17) is 27.9 Å². The first-order chi connectivity index (χ1) is 15.8. The first-order valence-corrected chi connectivity index (χ1v) is 11.8. The Kier molecular flexibility index (Phi) is 7.98. The lowest BCUT2D eigenvalue weighted by atomic mass is 10.1. The highest BCUT2D eigenvalue weighted by Gasteiger charge is 2.38. The maximum atomic E-state index is 13.7. The minimum atomic E-state index is -0.676. The molecule has 1 aliphatic heterocycles. The van der Waals surface area contributed by atoms with Crippen molar-refractivity contribution in [2.24, 2.45) is 0 Å². The molecule has 0 saturated carbocycles. The molecule has 1 aliphatic rings. The Labute approximate surface area is 210 Å². The smallest absolute Gasteiger partial charge is 0.410 e. The second-order valence-electron chi connectivity index (χ2n) is 9.54. The number of likely N-dealkylation sites (N-methyl/N-ethyl adjacent to an activating group) is 1. The molecule has 0 spiro atoms. The van der Waals surface area contributed by atoms with Crippen molar-refractivity contribution in [3.05, 3.63) is 63.4 Å². The highest BCUT2D eigenvalue weighted by atomic mass is 35.5. The van der Waals surface area contributed by atoms with E-state index in [1.807, 2.05) is 4.90 Å². The highest BCUT2D eigenvalue weighted by molar-refractivity contribution is 6.34. The van der Waals surface area contributed by atoms with Gasteiger partial charge in [-0.3, -0.25) is 4.79 Å². The van der Waals surface area contributed by atoms with Crippen LogP contribution in [0.15, 0.2) is 36.4 Å². The number of ether oxygens (including phenoxy) is 1. The summed E-state index contributed by atoms with van der Waals surface area (Å²) in [6.07, 6.45) is -0.468. The number of amides is 2. The Balaban J connectivity index is 1.88. The molecule has 6 nitrogen and oxygen atoms in total. The Bertz CT molecular complexity index is 1050. The van der Waals surface area contributed by atoms with Crippen LogP contribution in [0.1, 0.15) is 31.9 Å². The number of hydrogen-bond donors (Lipinski definition) is 0. The highest BCUT2D eigenvalue weighted by Crippen LogP contribution is 2.28. The van der Waals surface area contributed by atoms with Crippen molar-refractivity contribution < 1.29 is 18.7 Å². The molecule has 1 fully saturated rings. The van der Waals surface area contributed by atoms with Crippen molar-refractivity contribution >= 4 is 40.9 Å². The molecule has 1 unspecified atom stereocenters. The number of nitrogens with zero attached hydrogens (tertiary/aromatic N) is 3. The van der Waals surface area contributed by atoms with Crippen LogP contribution in [-0.2, 0) is 16.1 Å². The molecule has 1 saturated heterocycles. The largest absolute Gasteiger partial charge is 0.444 e. The zero-order valence-corrected chi connectivity index (χ0v) is 21.6. The molecule has 0 radical (unpaired) electrons. The van der Waals surface area contributed by atoms with Crippen molar-refractivity contribution in [3.8, 4) is 0 Å². The van der Waals surface area contributed by atoms with Crippen LogP contribution < -0.4 is 4.90 Å². The topological polar surface area (TPSA) is 53.1 Å². The Morgan fingerprint density at radius 1 is 1.12 bits per heavy atom. The SMILES string of the molecule is Cc1cc(F)ccc1N1CCN(C(=O)OC(C)(C)C)CC1C(=O)N(C)Cc1cc(Cl)cc(Cl)c1.